The quantitative estimate of drug-likeness (QED) is 0.209. The van der Waals surface area contributed by atoms with E-state index in [1.807, 2.05) is 18.2 Å². The Labute approximate surface area is 245 Å². The Hall–Kier alpha value is -3.26. The van der Waals surface area contributed by atoms with Gasteiger partial charge in [-0.15, -0.1) is 0 Å². The summed E-state index contributed by atoms with van der Waals surface area (Å²) in [4.78, 5) is 0. The highest BCUT2D eigenvalue weighted by Crippen LogP contribution is 2.45. The van der Waals surface area contributed by atoms with Crippen molar-refractivity contribution in [3.05, 3.63) is 121 Å². The van der Waals surface area contributed by atoms with Crippen LogP contribution in [0.1, 0.15) is 98.1 Å². The lowest BCUT2D eigenvalue weighted by molar-refractivity contribution is 0.130. The summed E-state index contributed by atoms with van der Waals surface area (Å²) in [5.41, 5.74) is 3.97. The van der Waals surface area contributed by atoms with Gasteiger partial charge in [-0.3, -0.25) is 0 Å². The lowest BCUT2D eigenvalue weighted by Crippen LogP contribution is -2.30. The van der Waals surface area contributed by atoms with Crippen LogP contribution in [-0.2, 0) is 5.41 Å². The first-order valence-electron chi connectivity index (χ1n) is 14.7. The Kier molecular flexibility index (Phi) is 12.3. The second-order valence-electron chi connectivity index (χ2n) is 12.6. The Bertz CT molecular complexity index is 1120. The van der Waals surface area contributed by atoms with Crippen LogP contribution in [0.3, 0.4) is 0 Å². The van der Waals surface area contributed by atoms with E-state index in [4.69, 9.17) is 9.47 Å². The molecule has 0 aromatic heterocycles. The maximum Gasteiger partial charge on any atom is 0.120 e. The van der Waals surface area contributed by atoms with Crippen molar-refractivity contribution in [1.82, 2.24) is 0 Å². The normalized spacial score (nSPS) is 13.1. The van der Waals surface area contributed by atoms with Crippen LogP contribution in [0.15, 0.2) is 110 Å². The van der Waals surface area contributed by atoms with Crippen molar-refractivity contribution >= 4 is 0 Å². The van der Waals surface area contributed by atoms with Gasteiger partial charge in [0.05, 0.1) is 0 Å². The number of unbranched alkanes of at least 4 members (excludes halogenated alkanes) is 1. The second-order valence-corrected chi connectivity index (χ2v) is 12.6. The number of benzene rings is 2. The second kappa shape index (κ2) is 14.9. The smallest absolute Gasteiger partial charge is 0.120 e. The van der Waals surface area contributed by atoms with Crippen LogP contribution in [0.2, 0.25) is 0 Å². The van der Waals surface area contributed by atoms with Gasteiger partial charge in [0.25, 0.3) is 0 Å². The molecule has 0 unspecified atom stereocenters. The largest absolute Gasteiger partial charge is 0.488 e. The summed E-state index contributed by atoms with van der Waals surface area (Å²) < 4.78 is 12.7. The van der Waals surface area contributed by atoms with E-state index in [2.05, 4.69) is 129 Å². The molecule has 0 spiro atoms. The van der Waals surface area contributed by atoms with Crippen LogP contribution in [0.4, 0.5) is 0 Å². The monoisotopic (exact) mass is 540 g/mol. The summed E-state index contributed by atoms with van der Waals surface area (Å²) in [6.45, 7) is 26.9. The molecule has 2 nitrogen and oxygen atoms in total. The first-order valence-corrected chi connectivity index (χ1v) is 14.7. The van der Waals surface area contributed by atoms with Crippen LogP contribution < -0.4 is 9.47 Å². The first kappa shape index (κ1) is 32.9. The van der Waals surface area contributed by atoms with Crippen molar-refractivity contribution in [3.8, 4) is 11.5 Å². The van der Waals surface area contributed by atoms with Crippen molar-refractivity contribution in [3.63, 3.8) is 0 Å². The third kappa shape index (κ3) is 10.4. The highest BCUT2D eigenvalue weighted by Gasteiger charge is 2.35. The average Bonchev–Trinajstić information content (AvgIpc) is 2.87. The Morgan fingerprint density at radius 3 is 1.73 bits per heavy atom. The highest BCUT2D eigenvalue weighted by atomic mass is 16.5. The van der Waals surface area contributed by atoms with Gasteiger partial charge in [0, 0.05) is 5.41 Å². The van der Waals surface area contributed by atoms with Gasteiger partial charge in [-0.1, -0.05) is 93.3 Å². The molecule has 0 aliphatic rings. The Balaban J connectivity index is 2.77. The molecule has 2 aromatic carbocycles. The van der Waals surface area contributed by atoms with Crippen LogP contribution >= 0.6 is 0 Å². The van der Waals surface area contributed by atoms with Gasteiger partial charge < -0.3 is 9.47 Å². The molecule has 0 bridgehead atoms. The van der Waals surface area contributed by atoms with Crippen molar-refractivity contribution in [2.45, 2.75) is 104 Å². The average molecular weight is 541 g/mol. The van der Waals surface area contributed by atoms with E-state index in [9.17, 15) is 0 Å². The molecule has 0 radical (unpaired) electrons. The molecule has 2 heteroatoms. The van der Waals surface area contributed by atoms with Crippen LogP contribution in [0.25, 0.3) is 0 Å². The summed E-state index contributed by atoms with van der Waals surface area (Å²) in [5.74, 6) is 1.75. The molecule has 216 valence electrons. The van der Waals surface area contributed by atoms with E-state index in [0.29, 0.717) is 0 Å². The first-order chi connectivity index (χ1) is 18.9. The maximum absolute atomic E-state index is 6.35. The Morgan fingerprint density at radius 2 is 1.30 bits per heavy atom. The van der Waals surface area contributed by atoms with Gasteiger partial charge in [-0.05, 0) is 115 Å². The van der Waals surface area contributed by atoms with Gasteiger partial charge >= 0.3 is 0 Å². The lowest BCUT2D eigenvalue weighted by atomic mass is 9.67. The van der Waals surface area contributed by atoms with Crippen LogP contribution in [0.5, 0.6) is 11.5 Å². The molecule has 0 fully saturated rings. The zero-order valence-electron chi connectivity index (χ0n) is 26.2. The predicted molar refractivity (Wildman–Crippen MR) is 175 cm³/mol. The van der Waals surface area contributed by atoms with Gasteiger partial charge in [-0.25, -0.2) is 0 Å². The molecule has 0 N–H and O–H groups in total. The number of hydrogen-bond donors (Lipinski definition) is 0. The SMILES string of the molecule is C=C/C=C(\C=C)CC(CCC/C(C=C)=C/CCC)(c1cccc(OC(C)(C)C)c1)c1cccc(OC(C)(C)C)c1. The number of allylic oxidation sites excluding steroid dienone is 7. The lowest BCUT2D eigenvalue weighted by Gasteiger charge is -2.37. The van der Waals surface area contributed by atoms with Gasteiger partial charge in [0.1, 0.15) is 22.7 Å². The van der Waals surface area contributed by atoms with Crippen molar-refractivity contribution in [2.75, 3.05) is 0 Å². The standard InChI is InChI=1S/C38H52O2/c1-11-15-20-30(13-3)21-18-26-38(29-31(14-4)19-12-2,32-22-16-24-34(27-32)39-36(5,6)7)33-23-17-25-35(28-33)40-37(8,9)10/h12-14,16-17,19-20,22-25,27-28H,2-4,11,15,18,21,26,29H2,1,5-10H3/b30-20+,31-19+. The zero-order valence-corrected chi connectivity index (χ0v) is 26.2. The third-order valence-corrected chi connectivity index (χ3v) is 6.75. The molecule has 0 heterocycles. The van der Waals surface area contributed by atoms with Crippen LogP contribution in [0, 0.1) is 0 Å². The summed E-state index contributed by atoms with van der Waals surface area (Å²) in [7, 11) is 0. The molecule has 40 heavy (non-hydrogen) atoms. The van der Waals surface area contributed by atoms with E-state index >= 15 is 0 Å². The zero-order chi connectivity index (χ0) is 29.8. The van der Waals surface area contributed by atoms with Crippen molar-refractivity contribution < 1.29 is 9.47 Å². The fraction of sp³-hybridized carbons (Fsp3) is 0.421. The van der Waals surface area contributed by atoms with Gasteiger partial charge in [0.2, 0.25) is 0 Å². The van der Waals surface area contributed by atoms with Gasteiger partial charge in [-0.2, -0.15) is 0 Å². The molecular formula is C38H52O2. The van der Waals surface area contributed by atoms with E-state index in [1.165, 1.54) is 16.7 Å². The number of ether oxygens (including phenoxy) is 2. The van der Waals surface area contributed by atoms with E-state index < -0.39 is 0 Å². The topological polar surface area (TPSA) is 18.5 Å². The van der Waals surface area contributed by atoms with E-state index in [0.717, 1.165) is 55.6 Å². The summed E-state index contributed by atoms with van der Waals surface area (Å²) >= 11 is 0. The summed E-state index contributed by atoms with van der Waals surface area (Å²) in [5, 5.41) is 0. The minimum absolute atomic E-state index is 0.292. The number of rotatable bonds is 15. The molecule has 0 amide bonds. The van der Waals surface area contributed by atoms with Crippen molar-refractivity contribution in [1.29, 1.82) is 0 Å². The highest BCUT2D eigenvalue weighted by molar-refractivity contribution is 5.47. The summed E-state index contributed by atoms with van der Waals surface area (Å²) in [6.07, 6.45) is 16.1. The Morgan fingerprint density at radius 1 is 0.775 bits per heavy atom. The molecule has 0 atom stereocenters. The molecular weight excluding hydrogens is 488 g/mol. The van der Waals surface area contributed by atoms with E-state index in [1.54, 1.807) is 0 Å². The molecule has 0 aliphatic carbocycles. The number of hydrogen-bond acceptors (Lipinski definition) is 2. The molecule has 2 rings (SSSR count). The fourth-order valence-corrected chi connectivity index (χ4v) is 5.08. The maximum atomic E-state index is 6.35. The van der Waals surface area contributed by atoms with Crippen LogP contribution in [-0.4, -0.2) is 11.2 Å². The molecule has 0 saturated carbocycles. The van der Waals surface area contributed by atoms with Gasteiger partial charge in [0.15, 0.2) is 0 Å². The minimum Gasteiger partial charge on any atom is -0.488 e. The fourth-order valence-electron chi connectivity index (χ4n) is 5.08. The summed E-state index contributed by atoms with van der Waals surface area (Å²) in [6, 6.07) is 17.2. The molecule has 2 aromatic rings. The predicted octanol–water partition coefficient (Wildman–Crippen LogP) is 11.1. The molecule has 0 saturated heterocycles. The minimum atomic E-state index is -0.339. The molecule has 0 aliphatic heterocycles. The van der Waals surface area contributed by atoms with E-state index in [-0.39, 0.29) is 16.6 Å². The third-order valence-electron chi connectivity index (χ3n) is 6.75. The van der Waals surface area contributed by atoms with Crippen molar-refractivity contribution in [2.24, 2.45) is 0 Å².